The van der Waals surface area contributed by atoms with Gasteiger partial charge in [-0.05, 0) is 54.0 Å². The van der Waals surface area contributed by atoms with Crippen molar-refractivity contribution in [3.63, 3.8) is 0 Å². The summed E-state index contributed by atoms with van der Waals surface area (Å²) in [4.78, 5) is 27.7. The summed E-state index contributed by atoms with van der Waals surface area (Å²) in [5.41, 5.74) is 0.699. The first kappa shape index (κ1) is 22.3. The van der Waals surface area contributed by atoms with Crippen molar-refractivity contribution in [2.45, 2.75) is 16.7 Å². The van der Waals surface area contributed by atoms with Crippen LogP contribution < -0.4 is 11.2 Å². The van der Waals surface area contributed by atoms with Crippen LogP contribution in [0.5, 0.6) is 0 Å². The highest BCUT2D eigenvalue weighted by atomic mass is 32.2. The zero-order valence-electron chi connectivity index (χ0n) is 18.5. The van der Waals surface area contributed by atoms with Gasteiger partial charge in [0.1, 0.15) is 0 Å². The predicted octanol–water partition coefficient (Wildman–Crippen LogP) is 5.36. The Morgan fingerprint density at radius 2 is 1.24 bits per heavy atom. The highest BCUT2D eigenvalue weighted by Gasteiger charge is 2.17. The van der Waals surface area contributed by atoms with E-state index in [-0.39, 0.29) is 11.5 Å². The molecule has 0 N–H and O–H groups in total. The van der Waals surface area contributed by atoms with Gasteiger partial charge in [0.25, 0.3) is 5.56 Å². The molecular formula is C25H23N5O2S. The average molecular weight is 458 g/mol. The molecule has 0 bridgehead atoms. The first-order valence-corrected chi connectivity index (χ1v) is 11.5. The van der Waals surface area contributed by atoms with E-state index in [2.05, 4.69) is 10.2 Å². The van der Waals surface area contributed by atoms with Gasteiger partial charge in [-0.25, -0.2) is 4.79 Å². The maximum absolute atomic E-state index is 13.0. The summed E-state index contributed by atoms with van der Waals surface area (Å²) in [5.74, 6) is 0.190. The van der Waals surface area contributed by atoms with Gasteiger partial charge in [-0.3, -0.25) is 13.9 Å². The fourth-order valence-electron chi connectivity index (χ4n) is 3.15. The van der Waals surface area contributed by atoms with E-state index in [4.69, 9.17) is 4.36 Å². The zero-order valence-corrected chi connectivity index (χ0v) is 19.4. The largest absolute Gasteiger partial charge is 0.332 e. The molecule has 0 radical (unpaired) electrons. The summed E-state index contributed by atoms with van der Waals surface area (Å²) in [5, 5.41) is 8.49. The van der Waals surface area contributed by atoms with E-state index in [9.17, 15) is 9.59 Å². The first-order valence-electron chi connectivity index (χ1n) is 10.3. The number of azo groups is 1. The van der Waals surface area contributed by atoms with Gasteiger partial charge in [-0.2, -0.15) is 9.48 Å². The Kier molecular flexibility index (Phi) is 6.55. The monoisotopic (exact) mass is 457 g/mol. The van der Waals surface area contributed by atoms with Crippen molar-refractivity contribution < 1.29 is 0 Å². The molecule has 0 aliphatic heterocycles. The van der Waals surface area contributed by atoms with E-state index in [1.165, 1.54) is 11.6 Å². The third kappa shape index (κ3) is 4.80. The Bertz CT molecular complexity index is 1410. The fraction of sp³-hybridized carbons (Fsp3) is 0.120. The van der Waals surface area contributed by atoms with E-state index >= 15 is 0 Å². The van der Waals surface area contributed by atoms with E-state index < -0.39 is 21.9 Å². The van der Waals surface area contributed by atoms with Crippen LogP contribution in [-0.2, 0) is 24.8 Å². The summed E-state index contributed by atoms with van der Waals surface area (Å²) in [6.45, 7) is 1.98. The molecule has 0 fully saturated rings. The molecule has 1 heterocycles. The van der Waals surface area contributed by atoms with Crippen LogP contribution in [-0.4, -0.2) is 9.13 Å². The van der Waals surface area contributed by atoms with Crippen LogP contribution in [0.15, 0.2) is 119 Å². The lowest BCUT2D eigenvalue weighted by atomic mass is 10.2. The number of aromatic nitrogens is 2. The third-order valence-electron chi connectivity index (χ3n) is 5.02. The molecule has 0 saturated carbocycles. The third-order valence-corrected chi connectivity index (χ3v) is 6.81. The van der Waals surface area contributed by atoms with Crippen molar-refractivity contribution in [2.24, 2.45) is 28.7 Å². The summed E-state index contributed by atoms with van der Waals surface area (Å²) in [6, 6.07) is 27.0. The van der Waals surface area contributed by atoms with Gasteiger partial charge in [0.05, 0.1) is 5.69 Å². The van der Waals surface area contributed by atoms with Crippen LogP contribution >= 0.6 is 0 Å². The topological polar surface area (TPSA) is 81.1 Å². The number of benzene rings is 3. The smallest absolute Gasteiger partial charge is 0.279 e. The highest BCUT2D eigenvalue weighted by molar-refractivity contribution is 7.87. The van der Waals surface area contributed by atoms with Gasteiger partial charge < -0.3 is 0 Å². The van der Waals surface area contributed by atoms with E-state index in [1.807, 2.05) is 91.9 Å². The summed E-state index contributed by atoms with van der Waals surface area (Å²) >= 11 is 0. The lowest BCUT2D eigenvalue weighted by Gasteiger charge is -2.13. The Hall–Kier alpha value is -3.91. The molecule has 0 atom stereocenters. The highest BCUT2D eigenvalue weighted by Crippen LogP contribution is 2.29. The minimum Gasteiger partial charge on any atom is -0.279 e. The van der Waals surface area contributed by atoms with Crippen LogP contribution in [0.2, 0.25) is 0 Å². The molecule has 4 rings (SSSR count). The minimum absolute atomic E-state index is 0.0181. The quantitative estimate of drug-likeness (QED) is 0.378. The van der Waals surface area contributed by atoms with Crippen molar-refractivity contribution in [1.29, 1.82) is 0 Å². The second-order valence-electron chi connectivity index (χ2n) is 7.42. The maximum Gasteiger partial charge on any atom is 0.332 e. The number of hydrogen-bond donors (Lipinski definition) is 0. The average Bonchev–Trinajstić information content (AvgIpc) is 2.85. The summed E-state index contributed by atoms with van der Waals surface area (Å²) < 4.78 is 7.27. The van der Waals surface area contributed by atoms with Crippen molar-refractivity contribution in [3.8, 4) is 0 Å². The molecule has 166 valence electrons. The fourth-order valence-corrected chi connectivity index (χ4v) is 4.85. The van der Waals surface area contributed by atoms with Gasteiger partial charge in [-0.15, -0.1) is 5.11 Å². The number of aryl methyl sites for hydroxylation is 1. The molecule has 0 amide bonds. The van der Waals surface area contributed by atoms with E-state index in [1.54, 1.807) is 7.05 Å². The molecule has 0 unspecified atom stereocenters. The summed E-state index contributed by atoms with van der Waals surface area (Å²) in [7, 11) is 2.23. The van der Waals surface area contributed by atoms with Crippen LogP contribution in [0.4, 0.5) is 17.2 Å². The Balaban J connectivity index is 1.97. The van der Waals surface area contributed by atoms with E-state index in [0.717, 1.165) is 19.9 Å². The van der Waals surface area contributed by atoms with Crippen LogP contribution in [0.1, 0.15) is 5.56 Å². The van der Waals surface area contributed by atoms with E-state index in [0.29, 0.717) is 5.69 Å². The van der Waals surface area contributed by atoms with Crippen LogP contribution in [0, 0.1) is 6.92 Å². The number of rotatable bonds is 5. The molecular weight excluding hydrogens is 434 g/mol. The Labute approximate surface area is 193 Å². The SMILES string of the molecule is Cc1ccc(N=Nc2c(N=S(c3ccccc3)c3ccccc3)n(C)c(=O)n(C)c2=O)cc1. The maximum atomic E-state index is 13.0. The Morgan fingerprint density at radius 1 is 0.697 bits per heavy atom. The molecule has 4 aromatic rings. The Morgan fingerprint density at radius 3 is 1.79 bits per heavy atom. The van der Waals surface area contributed by atoms with Crippen LogP contribution in [0.25, 0.3) is 0 Å². The van der Waals surface area contributed by atoms with Crippen molar-refractivity contribution in [3.05, 3.63) is 111 Å². The molecule has 8 heteroatoms. The predicted molar refractivity (Wildman–Crippen MR) is 131 cm³/mol. The molecule has 0 saturated heterocycles. The van der Waals surface area contributed by atoms with Crippen molar-refractivity contribution >= 4 is 27.9 Å². The van der Waals surface area contributed by atoms with Gasteiger partial charge >= 0.3 is 5.69 Å². The first-order chi connectivity index (χ1) is 16.0. The normalized spacial score (nSPS) is 11.3. The van der Waals surface area contributed by atoms with Gasteiger partial charge in [0.2, 0.25) is 0 Å². The number of hydrogen-bond acceptors (Lipinski definition) is 5. The van der Waals surface area contributed by atoms with Gasteiger partial charge in [0.15, 0.2) is 11.5 Å². The molecule has 0 aliphatic carbocycles. The minimum atomic E-state index is -0.782. The second-order valence-corrected chi connectivity index (χ2v) is 9.11. The molecule has 33 heavy (non-hydrogen) atoms. The van der Waals surface area contributed by atoms with Crippen molar-refractivity contribution in [2.75, 3.05) is 0 Å². The molecule has 7 nitrogen and oxygen atoms in total. The molecule has 1 aromatic heterocycles. The van der Waals surface area contributed by atoms with Gasteiger partial charge in [-0.1, -0.05) is 54.1 Å². The molecule has 0 spiro atoms. The zero-order chi connectivity index (χ0) is 23.4. The molecule has 0 aliphatic rings. The van der Waals surface area contributed by atoms with Crippen molar-refractivity contribution in [1.82, 2.24) is 9.13 Å². The van der Waals surface area contributed by atoms with Crippen LogP contribution in [0.3, 0.4) is 0 Å². The lowest BCUT2D eigenvalue weighted by Crippen LogP contribution is -2.36. The summed E-state index contributed by atoms with van der Waals surface area (Å²) in [6.07, 6.45) is 0. The number of nitrogens with zero attached hydrogens (tertiary/aromatic N) is 5. The molecule has 3 aromatic carbocycles. The second kappa shape index (κ2) is 9.70. The standard InChI is InChI=1S/C25H23N5O2S/c1-18-14-16-19(17-15-18)26-27-22-23(29(2)25(32)30(3)24(22)31)28-33(20-10-6-4-7-11-20)21-12-8-5-9-13-21/h4-17H,1-3H3. The lowest BCUT2D eigenvalue weighted by molar-refractivity contribution is 0.689. The van der Waals surface area contributed by atoms with Gasteiger partial charge in [0, 0.05) is 23.9 Å².